The van der Waals surface area contributed by atoms with Crippen molar-refractivity contribution in [1.82, 2.24) is 14.7 Å². The molecule has 2 aromatic carbocycles. The first-order valence-corrected chi connectivity index (χ1v) is 13.0. The average Bonchev–Trinajstić information content (AvgIpc) is 3.65. The predicted molar refractivity (Wildman–Crippen MR) is 139 cm³/mol. The van der Waals surface area contributed by atoms with E-state index in [0.29, 0.717) is 31.3 Å². The molecule has 1 N–H and O–H groups in total. The predicted octanol–water partition coefficient (Wildman–Crippen LogP) is 5.14. The van der Waals surface area contributed by atoms with Crippen LogP contribution in [0.15, 0.2) is 60.7 Å². The van der Waals surface area contributed by atoms with E-state index in [0.717, 1.165) is 42.1 Å². The highest BCUT2D eigenvalue weighted by Crippen LogP contribution is 2.34. The van der Waals surface area contributed by atoms with E-state index in [-0.39, 0.29) is 12.6 Å². The lowest BCUT2D eigenvalue weighted by Crippen LogP contribution is -2.36. The number of carbonyl (C=O) groups excluding carboxylic acids is 1. The summed E-state index contributed by atoms with van der Waals surface area (Å²) in [6.07, 6.45) is 3.52. The molecule has 0 aliphatic heterocycles. The standard InChI is InChI=1S/C29H37N3O4/c1-3-11-28(34)35-21-24(33)19-31(18-22-16-17-22)20-26-27(4-2)30-32(23-12-7-5-8-13-23)29(26)36-25-14-9-6-10-15-25/h5-10,12-15,22,24,33H,3-4,11,16-21H2,1-2H3/t24-/m0/s1. The van der Waals surface area contributed by atoms with Crippen LogP contribution in [0, 0.1) is 5.92 Å². The van der Waals surface area contributed by atoms with Gasteiger partial charge in [0, 0.05) is 26.1 Å². The lowest BCUT2D eigenvalue weighted by molar-refractivity contribution is -0.147. The van der Waals surface area contributed by atoms with Gasteiger partial charge in [-0.15, -0.1) is 0 Å². The van der Waals surface area contributed by atoms with Crippen molar-refractivity contribution in [3.05, 3.63) is 71.9 Å². The molecule has 1 aliphatic carbocycles. The lowest BCUT2D eigenvalue weighted by atomic mass is 10.1. The summed E-state index contributed by atoms with van der Waals surface area (Å²) in [6.45, 7) is 5.93. The quantitative estimate of drug-likeness (QED) is 0.315. The molecule has 7 nitrogen and oxygen atoms in total. The van der Waals surface area contributed by atoms with Gasteiger partial charge in [0.1, 0.15) is 18.5 Å². The van der Waals surface area contributed by atoms with Gasteiger partial charge in [0.05, 0.1) is 16.9 Å². The van der Waals surface area contributed by atoms with Crippen molar-refractivity contribution in [2.75, 3.05) is 19.7 Å². The molecule has 0 amide bonds. The van der Waals surface area contributed by atoms with E-state index < -0.39 is 6.10 Å². The zero-order valence-electron chi connectivity index (χ0n) is 21.3. The summed E-state index contributed by atoms with van der Waals surface area (Å²) in [7, 11) is 0. The fourth-order valence-electron chi connectivity index (χ4n) is 4.28. The van der Waals surface area contributed by atoms with Gasteiger partial charge in [-0.25, -0.2) is 4.68 Å². The fraction of sp³-hybridized carbons (Fsp3) is 0.448. The number of ether oxygens (including phenoxy) is 2. The SMILES string of the molecule is CCCC(=O)OC[C@@H](O)CN(Cc1c(CC)nn(-c2ccccc2)c1Oc1ccccc1)CC1CC1. The van der Waals surface area contributed by atoms with Crippen LogP contribution in [0.4, 0.5) is 0 Å². The zero-order chi connectivity index (χ0) is 25.3. The molecule has 0 spiro atoms. The van der Waals surface area contributed by atoms with Gasteiger partial charge in [0.2, 0.25) is 5.88 Å². The van der Waals surface area contributed by atoms with Crippen molar-refractivity contribution in [2.24, 2.45) is 5.92 Å². The highest BCUT2D eigenvalue weighted by atomic mass is 16.5. The van der Waals surface area contributed by atoms with Gasteiger partial charge in [-0.05, 0) is 55.9 Å². The first-order chi connectivity index (χ1) is 17.6. The number of aryl methyl sites for hydroxylation is 1. The van der Waals surface area contributed by atoms with E-state index >= 15 is 0 Å². The second-order valence-corrected chi connectivity index (χ2v) is 9.47. The third-order valence-corrected chi connectivity index (χ3v) is 6.27. The Balaban J connectivity index is 1.60. The minimum Gasteiger partial charge on any atom is -0.463 e. The number of benzene rings is 2. The third-order valence-electron chi connectivity index (χ3n) is 6.27. The number of aliphatic hydroxyl groups excluding tert-OH is 1. The Morgan fingerprint density at radius 3 is 2.44 bits per heavy atom. The summed E-state index contributed by atoms with van der Waals surface area (Å²) in [5.74, 6) is 1.80. The maximum atomic E-state index is 11.8. The molecule has 1 atom stereocenters. The van der Waals surface area contributed by atoms with Crippen molar-refractivity contribution in [3.8, 4) is 17.3 Å². The maximum absolute atomic E-state index is 11.8. The molecule has 192 valence electrons. The molecule has 0 unspecified atom stereocenters. The highest BCUT2D eigenvalue weighted by Gasteiger charge is 2.29. The molecular weight excluding hydrogens is 454 g/mol. The van der Waals surface area contributed by atoms with E-state index in [9.17, 15) is 9.90 Å². The summed E-state index contributed by atoms with van der Waals surface area (Å²) in [5, 5.41) is 15.6. The molecule has 36 heavy (non-hydrogen) atoms. The van der Waals surface area contributed by atoms with Crippen LogP contribution < -0.4 is 4.74 Å². The summed E-state index contributed by atoms with van der Waals surface area (Å²) >= 11 is 0. The van der Waals surface area contributed by atoms with Crippen LogP contribution >= 0.6 is 0 Å². The smallest absolute Gasteiger partial charge is 0.305 e. The average molecular weight is 492 g/mol. The zero-order valence-corrected chi connectivity index (χ0v) is 21.3. The Morgan fingerprint density at radius 2 is 1.81 bits per heavy atom. The fourth-order valence-corrected chi connectivity index (χ4v) is 4.28. The van der Waals surface area contributed by atoms with E-state index in [1.165, 1.54) is 12.8 Å². The van der Waals surface area contributed by atoms with Crippen molar-refractivity contribution in [3.63, 3.8) is 0 Å². The number of nitrogens with zero attached hydrogens (tertiary/aromatic N) is 3. The van der Waals surface area contributed by atoms with Gasteiger partial charge in [0.15, 0.2) is 0 Å². The molecule has 1 aromatic heterocycles. The number of aliphatic hydroxyl groups is 1. The largest absolute Gasteiger partial charge is 0.463 e. The Bertz CT molecular complexity index is 1100. The highest BCUT2D eigenvalue weighted by molar-refractivity contribution is 5.69. The normalized spacial score (nSPS) is 14.1. The van der Waals surface area contributed by atoms with Crippen LogP contribution in [0.25, 0.3) is 5.69 Å². The Morgan fingerprint density at radius 1 is 1.11 bits per heavy atom. The summed E-state index contributed by atoms with van der Waals surface area (Å²) in [4.78, 5) is 14.0. The monoisotopic (exact) mass is 491 g/mol. The number of rotatable bonds is 14. The number of esters is 1. The van der Waals surface area contributed by atoms with Crippen LogP contribution in [0.1, 0.15) is 50.8 Å². The molecule has 7 heteroatoms. The molecule has 0 saturated heterocycles. The molecule has 1 aliphatic rings. The topological polar surface area (TPSA) is 76.8 Å². The first kappa shape index (κ1) is 25.9. The van der Waals surface area contributed by atoms with E-state index in [1.807, 2.05) is 72.3 Å². The Labute approximate surface area is 213 Å². The van der Waals surface area contributed by atoms with E-state index in [1.54, 1.807) is 0 Å². The van der Waals surface area contributed by atoms with Crippen LogP contribution in [-0.4, -0.2) is 51.6 Å². The number of carbonyl (C=O) groups is 1. The van der Waals surface area contributed by atoms with Gasteiger partial charge < -0.3 is 14.6 Å². The molecule has 3 aromatic rings. The summed E-state index contributed by atoms with van der Waals surface area (Å²) < 4.78 is 13.6. The summed E-state index contributed by atoms with van der Waals surface area (Å²) in [5.41, 5.74) is 2.91. The van der Waals surface area contributed by atoms with E-state index in [2.05, 4.69) is 11.8 Å². The molecule has 0 bridgehead atoms. The maximum Gasteiger partial charge on any atom is 0.305 e. The van der Waals surface area contributed by atoms with Crippen LogP contribution in [0.2, 0.25) is 0 Å². The van der Waals surface area contributed by atoms with E-state index in [4.69, 9.17) is 14.6 Å². The molecule has 4 rings (SSSR count). The second kappa shape index (κ2) is 12.7. The van der Waals surface area contributed by atoms with Crippen molar-refractivity contribution in [2.45, 2.75) is 58.6 Å². The Kier molecular flexibility index (Phi) is 9.14. The second-order valence-electron chi connectivity index (χ2n) is 9.47. The number of hydrogen-bond donors (Lipinski definition) is 1. The van der Waals surface area contributed by atoms with Crippen LogP contribution in [-0.2, 0) is 22.5 Å². The lowest BCUT2D eigenvalue weighted by Gasteiger charge is -2.25. The number of aromatic nitrogens is 2. The molecular formula is C29H37N3O4. The van der Waals surface area contributed by atoms with Gasteiger partial charge in [-0.1, -0.05) is 50.2 Å². The minimum atomic E-state index is -0.753. The van der Waals surface area contributed by atoms with Crippen LogP contribution in [0.3, 0.4) is 0 Å². The van der Waals surface area contributed by atoms with Crippen molar-refractivity contribution < 1.29 is 19.4 Å². The summed E-state index contributed by atoms with van der Waals surface area (Å²) in [6, 6.07) is 19.7. The first-order valence-electron chi connectivity index (χ1n) is 13.0. The number of para-hydroxylation sites is 2. The van der Waals surface area contributed by atoms with Gasteiger partial charge >= 0.3 is 5.97 Å². The van der Waals surface area contributed by atoms with Crippen molar-refractivity contribution >= 4 is 5.97 Å². The van der Waals surface area contributed by atoms with Crippen LogP contribution in [0.5, 0.6) is 11.6 Å². The van der Waals surface area contributed by atoms with Gasteiger partial charge in [-0.3, -0.25) is 9.69 Å². The Hall–Kier alpha value is -3.16. The molecule has 1 fully saturated rings. The molecule has 0 radical (unpaired) electrons. The molecule has 1 heterocycles. The number of hydrogen-bond acceptors (Lipinski definition) is 6. The minimum absolute atomic E-state index is 0.0112. The van der Waals surface area contributed by atoms with Gasteiger partial charge in [0.25, 0.3) is 0 Å². The van der Waals surface area contributed by atoms with Gasteiger partial charge in [-0.2, -0.15) is 5.10 Å². The molecule has 1 saturated carbocycles. The van der Waals surface area contributed by atoms with Crippen molar-refractivity contribution in [1.29, 1.82) is 0 Å². The third kappa shape index (κ3) is 7.18.